The molecule has 1 N–H and O–H groups in total. The van der Waals surface area contributed by atoms with Gasteiger partial charge in [-0.2, -0.15) is 10.5 Å². The SMILES string of the molecule is C[S@@](=O)(=NC#N)c1ccc(Oc2cc(F)cc(C#N)c2)c2c1[C@H](O)C(F)(I)[C@@H]2F. The Morgan fingerprint density at radius 1 is 1.31 bits per heavy atom. The fraction of sp³-hybridized carbons (Fsp3) is 0.222. The lowest BCUT2D eigenvalue weighted by atomic mass is 10.1. The molecular weight excluding hydrogens is 522 g/mol. The van der Waals surface area contributed by atoms with Gasteiger partial charge in [-0.05, 0) is 46.9 Å². The zero-order valence-corrected chi connectivity index (χ0v) is 17.5. The number of alkyl halides is 3. The molecule has 1 aliphatic rings. The van der Waals surface area contributed by atoms with E-state index in [1.165, 1.54) is 24.4 Å². The Balaban J connectivity index is 2.25. The van der Waals surface area contributed by atoms with Crippen molar-refractivity contribution in [2.24, 2.45) is 4.36 Å². The number of benzene rings is 2. The second-order valence-electron chi connectivity index (χ2n) is 6.21. The third-order valence-electron chi connectivity index (χ3n) is 4.29. The van der Waals surface area contributed by atoms with Crippen LogP contribution in [0.5, 0.6) is 11.5 Å². The summed E-state index contributed by atoms with van der Waals surface area (Å²) < 4.78 is 62.2. The monoisotopic (exact) mass is 533 g/mol. The lowest BCUT2D eigenvalue weighted by molar-refractivity contribution is 0.0327. The van der Waals surface area contributed by atoms with Gasteiger partial charge in [0.1, 0.15) is 23.4 Å². The lowest BCUT2D eigenvalue weighted by Gasteiger charge is -2.18. The molecule has 2 aromatic rings. The van der Waals surface area contributed by atoms with Crippen LogP contribution in [0.3, 0.4) is 0 Å². The van der Waals surface area contributed by atoms with E-state index in [0.29, 0.717) is 0 Å². The molecule has 0 saturated heterocycles. The number of nitriles is 2. The summed E-state index contributed by atoms with van der Waals surface area (Å²) in [4.78, 5) is -0.204. The molecule has 0 heterocycles. The molecule has 1 aliphatic carbocycles. The van der Waals surface area contributed by atoms with Gasteiger partial charge in [-0.25, -0.2) is 17.4 Å². The zero-order valence-electron chi connectivity index (χ0n) is 14.6. The molecule has 0 aromatic heterocycles. The molecule has 2 aromatic carbocycles. The first-order chi connectivity index (χ1) is 13.5. The quantitative estimate of drug-likeness (QED) is 0.353. The van der Waals surface area contributed by atoms with Crippen molar-refractivity contribution in [2.45, 2.75) is 20.8 Å². The van der Waals surface area contributed by atoms with Gasteiger partial charge in [0.2, 0.25) is 9.87 Å². The van der Waals surface area contributed by atoms with E-state index < -0.39 is 37.1 Å². The Hall–Kier alpha value is -2.35. The molecule has 4 atom stereocenters. The maximum Gasteiger partial charge on any atom is 0.225 e. The molecule has 11 heteroatoms. The van der Waals surface area contributed by atoms with E-state index >= 15 is 0 Å². The predicted molar refractivity (Wildman–Crippen MR) is 105 cm³/mol. The highest BCUT2D eigenvalue weighted by Gasteiger charge is 2.56. The zero-order chi connectivity index (χ0) is 21.6. The van der Waals surface area contributed by atoms with E-state index in [1.807, 2.05) is 0 Å². The van der Waals surface area contributed by atoms with Crippen LogP contribution in [-0.4, -0.2) is 19.2 Å². The molecule has 150 valence electrons. The number of ether oxygens (including phenoxy) is 1. The van der Waals surface area contributed by atoms with Crippen LogP contribution in [0.4, 0.5) is 13.2 Å². The lowest BCUT2D eigenvalue weighted by Crippen LogP contribution is -2.22. The van der Waals surface area contributed by atoms with Gasteiger partial charge in [-0.15, -0.1) is 4.36 Å². The largest absolute Gasteiger partial charge is 0.457 e. The molecule has 6 nitrogen and oxygen atoms in total. The average molecular weight is 533 g/mol. The van der Waals surface area contributed by atoms with Crippen LogP contribution in [0.15, 0.2) is 39.6 Å². The van der Waals surface area contributed by atoms with Crippen LogP contribution in [0.25, 0.3) is 0 Å². The molecule has 3 rings (SSSR count). The minimum absolute atomic E-state index is 0.0526. The molecule has 0 spiro atoms. The topological polar surface area (TPSA) is 106 Å². The van der Waals surface area contributed by atoms with Gasteiger partial charge in [0.05, 0.1) is 26.3 Å². The molecule has 0 radical (unpaired) electrons. The van der Waals surface area contributed by atoms with E-state index in [2.05, 4.69) is 4.36 Å². The number of halogens is 4. The summed E-state index contributed by atoms with van der Waals surface area (Å²) in [5.74, 6) is -1.18. The number of aliphatic hydroxyl groups excluding tert-OH is 1. The van der Waals surface area contributed by atoms with E-state index in [-0.39, 0.29) is 27.5 Å². The van der Waals surface area contributed by atoms with Crippen LogP contribution in [0.2, 0.25) is 0 Å². The van der Waals surface area contributed by atoms with E-state index in [9.17, 15) is 22.5 Å². The van der Waals surface area contributed by atoms with Crippen LogP contribution in [0.1, 0.15) is 29.0 Å². The Kier molecular flexibility index (Phi) is 5.51. The normalized spacial score (nSPS) is 24.7. The van der Waals surface area contributed by atoms with Crippen LogP contribution < -0.4 is 4.74 Å². The molecular formula is C18H11F3IN3O3S. The van der Waals surface area contributed by atoms with Crippen molar-refractivity contribution in [2.75, 3.05) is 6.26 Å². The molecule has 0 bridgehead atoms. The van der Waals surface area contributed by atoms with Crippen molar-refractivity contribution < 1.29 is 27.2 Å². The molecule has 0 saturated carbocycles. The molecule has 29 heavy (non-hydrogen) atoms. The summed E-state index contributed by atoms with van der Waals surface area (Å²) in [5.41, 5.74) is -0.809. The average Bonchev–Trinajstić information content (AvgIpc) is 2.82. The summed E-state index contributed by atoms with van der Waals surface area (Å²) in [6.45, 7) is 0. The fourth-order valence-electron chi connectivity index (χ4n) is 3.02. The van der Waals surface area contributed by atoms with Crippen molar-refractivity contribution in [3.8, 4) is 23.8 Å². The maximum atomic E-state index is 14.9. The highest BCUT2D eigenvalue weighted by molar-refractivity contribution is 14.1. The van der Waals surface area contributed by atoms with Crippen molar-refractivity contribution in [3.63, 3.8) is 0 Å². The first kappa shape index (κ1) is 21.4. The van der Waals surface area contributed by atoms with Crippen molar-refractivity contribution >= 4 is 32.3 Å². The Labute approximate surface area is 177 Å². The smallest absolute Gasteiger partial charge is 0.225 e. The molecule has 1 unspecified atom stereocenters. The van der Waals surface area contributed by atoms with Crippen LogP contribution in [0, 0.1) is 28.6 Å². The number of aliphatic hydroxyl groups is 1. The maximum absolute atomic E-state index is 14.9. The molecule has 0 aliphatic heterocycles. The van der Waals surface area contributed by atoms with Gasteiger partial charge in [-0.1, -0.05) is 0 Å². The fourth-order valence-corrected chi connectivity index (χ4v) is 4.85. The van der Waals surface area contributed by atoms with Crippen molar-refractivity contribution in [3.05, 3.63) is 52.8 Å². The van der Waals surface area contributed by atoms with E-state index in [0.717, 1.165) is 41.0 Å². The second-order valence-corrected chi connectivity index (χ2v) is 10.1. The van der Waals surface area contributed by atoms with Crippen molar-refractivity contribution in [1.29, 1.82) is 10.5 Å². The van der Waals surface area contributed by atoms with Gasteiger partial charge >= 0.3 is 0 Å². The summed E-state index contributed by atoms with van der Waals surface area (Å²) in [7, 11) is -3.39. The summed E-state index contributed by atoms with van der Waals surface area (Å²) in [6.07, 6.45) is -1.89. The summed E-state index contributed by atoms with van der Waals surface area (Å²) >= 11 is 1.11. The first-order valence-corrected chi connectivity index (χ1v) is 10.9. The Bertz CT molecular complexity index is 1210. The van der Waals surface area contributed by atoms with Crippen molar-refractivity contribution in [1.82, 2.24) is 0 Å². The Morgan fingerprint density at radius 3 is 2.62 bits per heavy atom. The number of hydrogen-bond donors (Lipinski definition) is 1. The number of rotatable bonds is 3. The van der Waals surface area contributed by atoms with Gasteiger partial charge in [0, 0.05) is 23.4 Å². The van der Waals surface area contributed by atoms with E-state index in [4.69, 9.17) is 15.3 Å². The summed E-state index contributed by atoms with van der Waals surface area (Å²) in [6, 6.07) is 7.19. The Morgan fingerprint density at radius 2 is 2.00 bits per heavy atom. The van der Waals surface area contributed by atoms with Gasteiger partial charge < -0.3 is 9.84 Å². The van der Waals surface area contributed by atoms with Gasteiger partial charge in [-0.3, -0.25) is 0 Å². The standard InChI is InChI=1S/C18H11F3IN3O3S/c1-29(27,25-8-24)13-3-2-12(14-15(13)17(26)18(21,22)16(14)20)28-11-5-9(7-23)4-10(19)6-11/h2-6,16-17,26H,1H3/t16-,17+,18?,29+/m1/s1. The summed E-state index contributed by atoms with van der Waals surface area (Å²) in [5, 5.41) is 28.1. The third kappa shape index (κ3) is 3.66. The van der Waals surface area contributed by atoms with E-state index in [1.54, 1.807) is 6.07 Å². The molecule has 0 amide bonds. The highest BCUT2D eigenvalue weighted by Crippen LogP contribution is 2.59. The number of nitrogens with zero attached hydrogens (tertiary/aromatic N) is 3. The number of fused-ring (bicyclic) bond motifs is 1. The highest BCUT2D eigenvalue weighted by atomic mass is 127. The van der Waals surface area contributed by atoms with Gasteiger partial charge in [0.15, 0.2) is 6.17 Å². The molecule has 0 fully saturated rings. The van der Waals surface area contributed by atoms with Crippen LogP contribution >= 0.6 is 22.6 Å². The second kappa shape index (κ2) is 7.48. The van der Waals surface area contributed by atoms with Crippen LogP contribution in [-0.2, 0) is 9.73 Å². The predicted octanol–water partition coefficient (Wildman–Crippen LogP) is 4.59. The minimum Gasteiger partial charge on any atom is -0.457 e. The third-order valence-corrected chi connectivity index (χ3v) is 7.03. The van der Waals surface area contributed by atoms with Gasteiger partial charge in [0.25, 0.3) is 0 Å². The number of hydrogen-bond acceptors (Lipinski definition) is 6. The first-order valence-electron chi connectivity index (χ1n) is 7.88. The minimum atomic E-state index is -3.39.